The number of aromatic hydroxyl groups is 1. The number of esters is 2. The molecule has 1 saturated heterocycles. The number of phenolic OH excluding ortho intramolecular Hbond substituents is 1. The minimum atomic E-state index is -1.32. The first-order valence-corrected chi connectivity index (χ1v) is 9.11. The van der Waals surface area contributed by atoms with Gasteiger partial charge >= 0.3 is 11.9 Å². The van der Waals surface area contributed by atoms with Crippen molar-refractivity contribution in [1.29, 1.82) is 0 Å². The second-order valence-corrected chi connectivity index (χ2v) is 7.25. The van der Waals surface area contributed by atoms with Gasteiger partial charge in [0, 0.05) is 30.1 Å². The third-order valence-electron chi connectivity index (χ3n) is 3.99. The Morgan fingerprint density at radius 2 is 1.75 bits per heavy atom. The van der Waals surface area contributed by atoms with Gasteiger partial charge in [-0.15, -0.1) is 0 Å². The number of methoxy groups -OCH3 is 1. The van der Waals surface area contributed by atoms with Crippen LogP contribution in [0.5, 0.6) is 11.5 Å². The van der Waals surface area contributed by atoms with E-state index in [-0.39, 0.29) is 11.3 Å². The van der Waals surface area contributed by atoms with Crippen molar-refractivity contribution >= 4 is 33.6 Å². The van der Waals surface area contributed by atoms with Crippen molar-refractivity contribution < 1.29 is 28.9 Å². The zero-order valence-electron chi connectivity index (χ0n) is 15.4. The van der Waals surface area contributed by atoms with Crippen LogP contribution in [-0.4, -0.2) is 29.9 Å². The lowest BCUT2D eigenvalue weighted by Gasteiger charge is -2.29. The van der Waals surface area contributed by atoms with Crippen LogP contribution in [0.4, 0.5) is 5.69 Å². The highest BCUT2D eigenvalue weighted by molar-refractivity contribution is 9.10. The molecule has 0 aliphatic carbocycles. The highest BCUT2D eigenvalue weighted by atomic mass is 79.9. The Bertz CT molecular complexity index is 961. The fraction of sp³-hybridized carbons (Fsp3) is 0.200. The molecule has 0 spiro atoms. The molecule has 7 nitrogen and oxygen atoms in total. The Balaban J connectivity index is 2.07. The number of cyclic esters (lactones) is 2. The van der Waals surface area contributed by atoms with Gasteiger partial charge in [0.05, 0.1) is 18.4 Å². The topological polar surface area (TPSA) is 94.1 Å². The van der Waals surface area contributed by atoms with Crippen LogP contribution in [0.25, 0.3) is 11.1 Å². The van der Waals surface area contributed by atoms with Crippen LogP contribution < -0.4 is 10.1 Å². The number of anilines is 1. The van der Waals surface area contributed by atoms with E-state index in [1.54, 1.807) is 36.4 Å². The van der Waals surface area contributed by atoms with Gasteiger partial charge in [-0.1, -0.05) is 18.2 Å². The molecule has 2 N–H and O–H groups in total. The van der Waals surface area contributed by atoms with Crippen LogP contribution in [0.1, 0.15) is 13.8 Å². The molecule has 0 aromatic heterocycles. The van der Waals surface area contributed by atoms with Crippen LogP contribution >= 0.6 is 15.9 Å². The van der Waals surface area contributed by atoms with Gasteiger partial charge in [-0.2, -0.15) is 0 Å². The van der Waals surface area contributed by atoms with Crippen molar-refractivity contribution in [1.82, 2.24) is 0 Å². The number of carbonyl (C=O) groups excluding carboxylic acids is 2. The van der Waals surface area contributed by atoms with E-state index in [4.69, 9.17) is 14.2 Å². The van der Waals surface area contributed by atoms with Crippen molar-refractivity contribution in [3.8, 4) is 22.6 Å². The molecule has 1 aliphatic heterocycles. The Morgan fingerprint density at radius 1 is 1.11 bits per heavy atom. The lowest BCUT2D eigenvalue weighted by atomic mass is 10.0. The number of benzene rings is 2. The maximum atomic E-state index is 12.2. The molecule has 3 rings (SSSR count). The number of ether oxygens (including phenoxy) is 3. The number of phenols is 1. The predicted molar refractivity (Wildman–Crippen MR) is 106 cm³/mol. The lowest BCUT2D eigenvalue weighted by Crippen LogP contribution is -2.42. The SMILES string of the molecule is COc1ccc(Br)c(NC=C2C(=O)OC(C)(C)OC2=O)c1-c1ccccc1O. The molecule has 2 aromatic rings. The van der Waals surface area contributed by atoms with E-state index in [9.17, 15) is 14.7 Å². The summed E-state index contributed by atoms with van der Waals surface area (Å²) in [5.74, 6) is -2.37. The summed E-state index contributed by atoms with van der Waals surface area (Å²) in [5, 5.41) is 13.2. The molecule has 0 saturated carbocycles. The van der Waals surface area contributed by atoms with Gasteiger partial charge < -0.3 is 24.6 Å². The zero-order valence-corrected chi connectivity index (χ0v) is 17.0. The van der Waals surface area contributed by atoms with E-state index in [1.807, 2.05) is 0 Å². The number of nitrogens with one attached hydrogen (secondary N) is 1. The van der Waals surface area contributed by atoms with Crippen LogP contribution in [0, 0.1) is 0 Å². The van der Waals surface area contributed by atoms with Gasteiger partial charge in [0.2, 0.25) is 0 Å². The fourth-order valence-electron chi connectivity index (χ4n) is 2.74. The summed E-state index contributed by atoms with van der Waals surface area (Å²) in [7, 11) is 1.51. The molecule has 0 amide bonds. The monoisotopic (exact) mass is 447 g/mol. The maximum Gasteiger partial charge on any atom is 0.350 e. The molecule has 28 heavy (non-hydrogen) atoms. The molecule has 0 unspecified atom stereocenters. The number of halogens is 1. The fourth-order valence-corrected chi connectivity index (χ4v) is 3.19. The minimum Gasteiger partial charge on any atom is -0.507 e. The quantitative estimate of drug-likeness (QED) is 0.416. The van der Waals surface area contributed by atoms with Crippen molar-refractivity contribution in [2.45, 2.75) is 19.6 Å². The van der Waals surface area contributed by atoms with Gasteiger partial charge in [0.25, 0.3) is 5.79 Å². The van der Waals surface area contributed by atoms with Gasteiger partial charge in [-0.05, 0) is 34.1 Å². The van der Waals surface area contributed by atoms with Crippen molar-refractivity contribution in [3.05, 3.63) is 52.6 Å². The molecule has 1 aliphatic rings. The smallest absolute Gasteiger partial charge is 0.350 e. The average Bonchev–Trinajstić information content (AvgIpc) is 2.61. The highest BCUT2D eigenvalue weighted by Crippen LogP contribution is 2.44. The van der Waals surface area contributed by atoms with Crippen LogP contribution in [0.3, 0.4) is 0 Å². The number of hydrogen-bond donors (Lipinski definition) is 2. The van der Waals surface area contributed by atoms with E-state index in [0.29, 0.717) is 27.0 Å². The summed E-state index contributed by atoms with van der Waals surface area (Å²) in [6.45, 7) is 2.95. The standard InChI is InChI=1S/C20H18BrNO6/c1-20(2)27-18(24)12(19(25)28-20)10-22-17-13(21)8-9-15(26-3)16(17)11-6-4-5-7-14(11)23/h4-10,22-23H,1-3H3. The third kappa shape index (κ3) is 3.82. The first kappa shape index (κ1) is 19.8. The highest BCUT2D eigenvalue weighted by Gasteiger charge is 2.39. The van der Waals surface area contributed by atoms with Gasteiger partial charge in [-0.25, -0.2) is 9.59 Å². The second-order valence-electron chi connectivity index (χ2n) is 6.40. The maximum absolute atomic E-state index is 12.2. The van der Waals surface area contributed by atoms with E-state index >= 15 is 0 Å². The summed E-state index contributed by atoms with van der Waals surface area (Å²) in [4.78, 5) is 24.3. The molecule has 8 heteroatoms. The van der Waals surface area contributed by atoms with Crippen LogP contribution in [0.15, 0.2) is 52.6 Å². The minimum absolute atomic E-state index is 0.0489. The number of carbonyl (C=O) groups is 2. The van der Waals surface area contributed by atoms with Crippen molar-refractivity contribution in [2.24, 2.45) is 0 Å². The zero-order chi connectivity index (χ0) is 20.5. The normalized spacial score (nSPS) is 15.5. The molecule has 1 fully saturated rings. The van der Waals surface area contributed by atoms with Crippen molar-refractivity contribution in [2.75, 3.05) is 12.4 Å². The molecule has 0 bridgehead atoms. The molecule has 0 radical (unpaired) electrons. The Labute approximate surface area is 170 Å². The number of para-hydroxylation sites is 1. The molecule has 1 heterocycles. The summed E-state index contributed by atoms with van der Waals surface area (Å²) in [6.07, 6.45) is 1.21. The summed E-state index contributed by atoms with van der Waals surface area (Å²) in [5.41, 5.74) is 1.26. The molecular weight excluding hydrogens is 430 g/mol. The Morgan fingerprint density at radius 3 is 2.36 bits per heavy atom. The van der Waals surface area contributed by atoms with Crippen LogP contribution in [-0.2, 0) is 19.1 Å². The number of rotatable bonds is 4. The summed E-state index contributed by atoms with van der Waals surface area (Å²) >= 11 is 3.44. The van der Waals surface area contributed by atoms with Crippen LogP contribution in [0.2, 0.25) is 0 Å². The van der Waals surface area contributed by atoms with E-state index < -0.39 is 17.7 Å². The summed E-state index contributed by atoms with van der Waals surface area (Å²) < 4.78 is 16.2. The largest absolute Gasteiger partial charge is 0.507 e. The molecular formula is C20H18BrNO6. The Kier molecular flexibility index (Phi) is 5.33. The van der Waals surface area contributed by atoms with Gasteiger partial charge in [0.15, 0.2) is 5.57 Å². The molecule has 2 aromatic carbocycles. The predicted octanol–water partition coefficient (Wildman–Crippen LogP) is 3.96. The van der Waals surface area contributed by atoms with Gasteiger partial charge in [-0.3, -0.25) is 0 Å². The molecule has 0 atom stereocenters. The lowest BCUT2D eigenvalue weighted by molar-refractivity contribution is -0.222. The van der Waals surface area contributed by atoms with Crippen molar-refractivity contribution in [3.63, 3.8) is 0 Å². The first-order chi connectivity index (χ1) is 13.2. The van der Waals surface area contributed by atoms with E-state index in [1.165, 1.54) is 27.2 Å². The summed E-state index contributed by atoms with van der Waals surface area (Å²) in [6, 6.07) is 10.2. The van der Waals surface area contributed by atoms with E-state index in [0.717, 1.165) is 0 Å². The Hall–Kier alpha value is -3.00. The number of hydrogen-bond acceptors (Lipinski definition) is 7. The van der Waals surface area contributed by atoms with Gasteiger partial charge in [0.1, 0.15) is 11.5 Å². The first-order valence-electron chi connectivity index (χ1n) is 8.32. The molecule has 146 valence electrons. The van der Waals surface area contributed by atoms with E-state index in [2.05, 4.69) is 21.2 Å². The average molecular weight is 448 g/mol. The third-order valence-corrected chi connectivity index (χ3v) is 4.65. The second kappa shape index (κ2) is 7.55.